The van der Waals surface area contributed by atoms with Crippen LogP contribution in [0.4, 0.5) is 0 Å². The number of rotatable bonds is 0. The molecule has 4 aliphatic rings. The van der Waals surface area contributed by atoms with Crippen molar-refractivity contribution >= 4 is 5.78 Å². The van der Waals surface area contributed by atoms with Crippen molar-refractivity contribution in [3.8, 4) is 0 Å². The highest BCUT2D eigenvalue weighted by atomic mass is 16.1. The van der Waals surface area contributed by atoms with Gasteiger partial charge in [-0.25, -0.2) is 0 Å². The Morgan fingerprint density at radius 2 is 1.93 bits per heavy atom. The van der Waals surface area contributed by atoms with Crippen LogP contribution < -0.4 is 0 Å². The molecular formula is C14H16O. The van der Waals surface area contributed by atoms with Gasteiger partial charge in [0.05, 0.1) is 0 Å². The Morgan fingerprint density at radius 1 is 1.07 bits per heavy atom. The van der Waals surface area contributed by atoms with Gasteiger partial charge < -0.3 is 0 Å². The maximum Gasteiger partial charge on any atom is 0.162 e. The highest BCUT2D eigenvalue weighted by molar-refractivity contribution is 6.01. The van der Waals surface area contributed by atoms with E-state index in [1.54, 1.807) is 5.57 Å². The summed E-state index contributed by atoms with van der Waals surface area (Å²) in [4.78, 5) is 12.1. The van der Waals surface area contributed by atoms with Crippen LogP contribution in [0.2, 0.25) is 0 Å². The molecule has 0 radical (unpaired) electrons. The molecule has 0 aliphatic heterocycles. The lowest BCUT2D eigenvalue weighted by molar-refractivity contribution is -0.118. The molecular weight excluding hydrogens is 184 g/mol. The zero-order valence-corrected chi connectivity index (χ0v) is 8.91. The fourth-order valence-electron chi connectivity index (χ4n) is 4.25. The Morgan fingerprint density at radius 3 is 2.53 bits per heavy atom. The van der Waals surface area contributed by atoms with Crippen LogP contribution in [-0.4, -0.2) is 5.78 Å². The first kappa shape index (κ1) is 8.32. The zero-order chi connectivity index (χ0) is 9.99. The average Bonchev–Trinajstić information content (AvgIpc) is 2.96. The second kappa shape index (κ2) is 2.63. The second-order valence-corrected chi connectivity index (χ2v) is 5.70. The van der Waals surface area contributed by atoms with E-state index in [1.807, 2.05) is 0 Å². The van der Waals surface area contributed by atoms with Gasteiger partial charge >= 0.3 is 0 Å². The van der Waals surface area contributed by atoms with Gasteiger partial charge in [0.15, 0.2) is 5.78 Å². The summed E-state index contributed by atoms with van der Waals surface area (Å²) in [6, 6.07) is 0. The molecule has 0 saturated heterocycles. The highest BCUT2D eigenvalue weighted by Gasteiger charge is 2.46. The van der Waals surface area contributed by atoms with Crippen LogP contribution >= 0.6 is 0 Å². The SMILES string of the molecule is O=C1/C(=C2\C[C@H]3C=C[C@H]2C3)[C@H]2CC[C@H]1C2. The molecule has 0 unspecified atom stereocenters. The lowest BCUT2D eigenvalue weighted by Crippen LogP contribution is -2.16. The molecule has 0 aromatic carbocycles. The van der Waals surface area contributed by atoms with Gasteiger partial charge in [-0.3, -0.25) is 4.79 Å². The van der Waals surface area contributed by atoms with Crippen LogP contribution in [0.15, 0.2) is 23.3 Å². The number of allylic oxidation sites excluding steroid dienone is 4. The number of fused-ring (bicyclic) bond motifs is 4. The molecule has 0 heterocycles. The Kier molecular flexibility index (Phi) is 1.46. The summed E-state index contributed by atoms with van der Waals surface area (Å²) in [5.41, 5.74) is 2.84. The van der Waals surface area contributed by atoms with Crippen molar-refractivity contribution in [1.29, 1.82) is 0 Å². The van der Waals surface area contributed by atoms with Crippen LogP contribution in [0, 0.1) is 23.7 Å². The fourth-order valence-corrected chi connectivity index (χ4v) is 4.25. The predicted molar refractivity (Wildman–Crippen MR) is 58.2 cm³/mol. The summed E-state index contributed by atoms with van der Waals surface area (Å²) >= 11 is 0. The molecule has 0 aromatic heterocycles. The number of carbonyl (C=O) groups excluding carboxylic acids is 1. The molecule has 3 fully saturated rings. The molecule has 4 rings (SSSR count). The maximum absolute atomic E-state index is 12.1. The minimum Gasteiger partial charge on any atom is -0.294 e. The number of Topliss-reactive ketones (excluding diaryl/α,β-unsaturated/α-hetero) is 1. The monoisotopic (exact) mass is 200 g/mol. The van der Waals surface area contributed by atoms with Crippen LogP contribution in [-0.2, 0) is 4.79 Å². The molecule has 0 amide bonds. The highest BCUT2D eigenvalue weighted by Crippen LogP contribution is 2.52. The van der Waals surface area contributed by atoms with E-state index in [0.717, 1.165) is 5.92 Å². The van der Waals surface area contributed by atoms with Gasteiger partial charge in [-0.15, -0.1) is 0 Å². The molecule has 1 heteroatoms. The number of hydrogen-bond donors (Lipinski definition) is 0. The van der Waals surface area contributed by atoms with Crippen molar-refractivity contribution in [3.05, 3.63) is 23.3 Å². The van der Waals surface area contributed by atoms with E-state index in [0.29, 0.717) is 23.5 Å². The van der Waals surface area contributed by atoms with Gasteiger partial charge in [-0.1, -0.05) is 17.7 Å². The van der Waals surface area contributed by atoms with Crippen molar-refractivity contribution in [1.82, 2.24) is 0 Å². The summed E-state index contributed by atoms with van der Waals surface area (Å²) in [6.45, 7) is 0. The van der Waals surface area contributed by atoms with Crippen molar-refractivity contribution in [2.45, 2.75) is 32.1 Å². The minimum absolute atomic E-state index is 0.417. The average molecular weight is 200 g/mol. The molecule has 4 aliphatic carbocycles. The first-order chi connectivity index (χ1) is 7.33. The largest absolute Gasteiger partial charge is 0.294 e. The van der Waals surface area contributed by atoms with E-state index in [1.165, 1.54) is 37.7 Å². The number of hydrogen-bond acceptors (Lipinski definition) is 1. The number of ketones is 1. The Balaban J connectivity index is 1.81. The van der Waals surface area contributed by atoms with E-state index < -0.39 is 0 Å². The molecule has 4 bridgehead atoms. The lowest BCUT2D eigenvalue weighted by atomic mass is 9.85. The maximum atomic E-state index is 12.1. The van der Waals surface area contributed by atoms with Gasteiger partial charge in [-0.05, 0) is 55.4 Å². The van der Waals surface area contributed by atoms with Gasteiger partial charge in [-0.2, -0.15) is 0 Å². The lowest BCUT2D eigenvalue weighted by Gasteiger charge is -2.19. The first-order valence-corrected chi connectivity index (χ1v) is 6.28. The number of carbonyl (C=O) groups is 1. The zero-order valence-electron chi connectivity index (χ0n) is 8.91. The quantitative estimate of drug-likeness (QED) is 0.434. The summed E-state index contributed by atoms with van der Waals surface area (Å²) in [6.07, 6.45) is 10.8. The topological polar surface area (TPSA) is 17.1 Å². The first-order valence-electron chi connectivity index (χ1n) is 6.28. The second-order valence-electron chi connectivity index (χ2n) is 5.70. The van der Waals surface area contributed by atoms with Gasteiger partial charge in [0.1, 0.15) is 0 Å². The molecule has 3 saturated carbocycles. The van der Waals surface area contributed by atoms with Crippen molar-refractivity contribution in [2.24, 2.45) is 23.7 Å². The van der Waals surface area contributed by atoms with Crippen molar-refractivity contribution < 1.29 is 4.79 Å². The summed E-state index contributed by atoms with van der Waals surface area (Å²) in [7, 11) is 0. The van der Waals surface area contributed by atoms with Crippen LogP contribution in [0.1, 0.15) is 32.1 Å². The standard InChI is InChI=1S/C14H16O/c15-14-11-4-3-10(7-11)13(14)12-6-8-1-2-9(12)5-8/h1-2,8-11H,3-7H2/b13-12+/t8-,9-,10-,11-/m0/s1. The van der Waals surface area contributed by atoms with E-state index in [9.17, 15) is 4.79 Å². The van der Waals surface area contributed by atoms with E-state index >= 15 is 0 Å². The smallest absolute Gasteiger partial charge is 0.162 e. The molecule has 0 aromatic rings. The third-order valence-electron chi connectivity index (χ3n) is 4.93. The summed E-state index contributed by atoms with van der Waals surface area (Å²) in [5, 5.41) is 0. The third kappa shape index (κ3) is 0.965. The fraction of sp³-hybridized carbons (Fsp3) is 0.643. The molecule has 1 nitrogen and oxygen atoms in total. The van der Waals surface area contributed by atoms with Crippen molar-refractivity contribution in [2.75, 3.05) is 0 Å². The Hall–Kier alpha value is -0.850. The third-order valence-corrected chi connectivity index (χ3v) is 4.93. The van der Waals surface area contributed by atoms with Crippen LogP contribution in [0.5, 0.6) is 0 Å². The minimum atomic E-state index is 0.417. The normalized spacial score (nSPS) is 51.1. The Bertz CT molecular complexity index is 402. The summed E-state index contributed by atoms with van der Waals surface area (Å²) in [5.74, 6) is 3.02. The molecule has 15 heavy (non-hydrogen) atoms. The molecule has 0 spiro atoms. The van der Waals surface area contributed by atoms with Gasteiger partial charge in [0.2, 0.25) is 0 Å². The molecule has 0 N–H and O–H groups in total. The van der Waals surface area contributed by atoms with Gasteiger partial charge in [0, 0.05) is 5.92 Å². The van der Waals surface area contributed by atoms with Crippen LogP contribution in [0.25, 0.3) is 0 Å². The van der Waals surface area contributed by atoms with E-state index in [4.69, 9.17) is 0 Å². The van der Waals surface area contributed by atoms with E-state index in [-0.39, 0.29) is 0 Å². The predicted octanol–water partition coefficient (Wildman–Crippen LogP) is 2.88. The molecule has 78 valence electrons. The Labute approximate surface area is 90.2 Å². The molecule has 4 atom stereocenters. The van der Waals surface area contributed by atoms with Gasteiger partial charge in [0.25, 0.3) is 0 Å². The van der Waals surface area contributed by atoms with E-state index in [2.05, 4.69) is 12.2 Å². The van der Waals surface area contributed by atoms with Crippen molar-refractivity contribution in [3.63, 3.8) is 0 Å². The summed E-state index contributed by atoms with van der Waals surface area (Å²) < 4.78 is 0. The van der Waals surface area contributed by atoms with Crippen LogP contribution in [0.3, 0.4) is 0 Å².